The van der Waals surface area contributed by atoms with Crippen LogP contribution in [0.4, 0.5) is 0 Å². The Labute approximate surface area is 157 Å². The lowest BCUT2D eigenvalue weighted by molar-refractivity contribution is 0.0697. The maximum atomic E-state index is 11.4. The highest BCUT2D eigenvalue weighted by atomic mass is 16.5. The molecule has 0 aliphatic heterocycles. The van der Waals surface area contributed by atoms with Crippen molar-refractivity contribution >= 4 is 5.97 Å². The predicted molar refractivity (Wildman–Crippen MR) is 102 cm³/mol. The lowest BCUT2D eigenvalue weighted by Crippen LogP contribution is -2.15. The van der Waals surface area contributed by atoms with Gasteiger partial charge in [0, 0.05) is 18.2 Å². The minimum absolute atomic E-state index is 0.0903. The molecule has 0 fully saturated rings. The molecule has 0 bridgehead atoms. The van der Waals surface area contributed by atoms with Gasteiger partial charge in [0.05, 0.1) is 22.9 Å². The Kier molecular flexibility index (Phi) is 5.48. The molecule has 1 unspecified atom stereocenters. The van der Waals surface area contributed by atoms with Gasteiger partial charge in [-0.3, -0.25) is 4.98 Å². The number of ether oxygens (including phenoxy) is 1. The quantitative estimate of drug-likeness (QED) is 0.709. The van der Waals surface area contributed by atoms with Crippen molar-refractivity contribution in [3.63, 3.8) is 0 Å². The summed E-state index contributed by atoms with van der Waals surface area (Å²) in [6.45, 7) is 1.95. The minimum atomic E-state index is -1.06. The second-order valence-electron chi connectivity index (χ2n) is 6.15. The topological polar surface area (TPSA) is 83.2 Å². The van der Waals surface area contributed by atoms with Gasteiger partial charge >= 0.3 is 5.97 Å². The van der Waals surface area contributed by atoms with E-state index < -0.39 is 5.97 Å². The summed E-state index contributed by atoms with van der Waals surface area (Å²) in [6, 6.07) is 20.2. The fraction of sp³-hybridized carbons (Fsp3) is 0.136. The third kappa shape index (κ3) is 4.31. The fourth-order valence-corrected chi connectivity index (χ4v) is 2.88. The first-order valence-electron chi connectivity index (χ1n) is 8.52. The summed E-state index contributed by atoms with van der Waals surface area (Å²) in [5.74, 6) is -0.592. The molecule has 3 aromatic rings. The van der Waals surface area contributed by atoms with Gasteiger partial charge in [0.2, 0.25) is 0 Å². The molecular formula is C22H18N2O3. The summed E-state index contributed by atoms with van der Waals surface area (Å²) in [5.41, 5.74) is 2.47. The van der Waals surface area contributed by atoms with Crippen LogP contribution in [0.5, 0.6) is 5.75 Å². The number of carboxylic acids is 1. The summed E-state index contributed by atoms with van der Waals surface area (Å²) in [5, 5.41) is 18.8. The van der Waals surface area contributed by atoms with E-state index in [-0.39, 0.29) is 11.7 Å². The van der Waals surface area contributed by atoms with Crippen molar-refractivity contribution in [2.75, 3.05) is 0 Å². The SMILES string of the molecule is CC(Cc1ccccc1)Oc1ccc(-c2ncccc2C(=O)O)cc1C#N. The number of hydrogen-bond acceptors (Lipinski definition) is 4. The monoisotopic (exact) mass is 358 g/mol. The van der Waals surface area contributed by atoms with E-state index in [0.717, 1.165) is 12.0 Å². The van der Waals surface area contributed by atoms with Crippen LogP contribution in [0.2, 0.25) is 0 Å². The molecule has 0 spiro atoms. The Morgan fingerprint density at radius 2 is 1.96 bits per heavy atom. The summed E-state index contributed by atoms with van der Waals surface area (Å²) in [6.07, 6.45) is 2.13. The molecule has 0 radical (unpaired) electrons. The Bertz CT molecular complexity index is 994. The van der Waals surface area contributed by atoms with Gasteiger partial charge < -0.3 is 9.84 Å². The van der Waals surface area contributed by atoms with Crippen LogP contribution >= 0.6 is 0 Å². The van der Waals surface area contributed by atoms with Gasteiger partial charge in [-0.05, 0) is 42.8 Å². The minimum Gasteiger partial charge on any atom is -0.489 e. The Hall–Kier alpha value is -3.65. The molecule has 1 N–H and O–H groups in total. The number of nitrogens with zero attached hydrogens (tertiary/aromatic N) is 2. The number of nitriles is 1. The molecule has 0 amide bonds. The van der Waals surface area contributed by atoms with E-state index in [0.29, 0.717) is 22.6 Å². The lowest BCUT2D eigenvalue weighted by Gasteiger charge is -2.16. The molecular weight excluding hydrogens is 340 g/mol. The number of hydrogen-bond donors (Lipinski definition) is 1. The molecule has 0 saturated carbocycles. The first-order valence-corrected chi connectivity index (χ1v) is 8.52. The third-order valence-corrected chi connectivity index (χ3v) is 4.11. The van der Waals surface area contributed by atoms with Crippen LogP contribution in [0.3, 0.4) is 0 Å². The standard InChI is InChI=1S/C22H18N2O3/c1-15(12-16-6-3-2-4-7-16)27-20-10-9-17(13-18(20)14-23)21-19(22(25)26)8-5-11-24-21/h2-11,13,15H,12H2,1H3,(H,25,26). The van der Waals surface area contributed by atoms with Gasteiger partial charge in [-0.1, -0.05) is 30.3 Å². The zero-order valence-electron chi connectivity index (χ0n) is 14.8. The van der Waals surface area contributed by atoms with Gasteiger partial charge in [-0.2, -0.15) is 5.26 Å². The molecule has 2 aromatic carbocycles. The van der Waals surface area contributed by atoms with Crippen molar-refractivity contribution in [3.05, 3.63) is 83.6 Å². The number of aromatic carboxylic acids is 1. The second kappa shape index (κ2) is 8.15. The third-order valence-electron chi connectivity index (χ3n) is 4.11. The average molecular weight is 358 g/mol. The van der Waals surface area contributed by atoms with E-state index >= 15 is 0 Å². The van der Waals surface area contributed by atoms with Gasteiger partial charge in [-0.15, -0.1) is 0 Å². The number of benzene rings is 2. The Morgan fingerprint density at radius 3 is 2.67 bits per heavy atom. The highest BCUT2D eigenvalue weighted by Crippen LogP contribution is 2.28. The summed E-state index contributed by atoms with van der Waals surface area (Å²) < 4.78 is 5.95. The van der Waals surface area contributed by atoms with Crippen molar-refractivity contribution in [2.24, 2.45) is 0 Å². The van der Waals surface area contributed by atoms with E-state index in [2.05, 4.69) is 11.1 Å². The Morgan fingerprint density at radius 1 is 1.19 bits per heavy atom. The van der Waals surface area contributed by atoms with Crippen LogP contribution in [-0.4, -0.2) is 22.2 Å². The smallest absolute Gasteiger partial charge is 0.337 e. The number of pyridine rings is 1. The molecule has 3 rings (SSSR count). The van der Waals surface area contributed by atoms with Crippen LogP contribution in [-0.2, 0) is 6.42 Å². The maximum Gasteiger partial charge on any atom is 0.337 e. The largest absolute Gasteiger partial charge is 0.489 e. The first kappa shape index (κ1) is 18.2. The summed E-state index contributed by atoms with van der Waals surface area (Å²) in [7, 11) is 0. The van der Waals surface area contributed by atoms with Gasteiger partial charge in [-0.25, -0.2) is 4.79 Å². The Balaban J connectivity index is 1.85. The molecule has 1 heterocycles. The molecule has 0 aliphatic carbocycles. The highest BCUT2D eigenvalue weighted by Gasteiger charge is 2.15. The normalized spacial score (nSPS) is 11.4. The highest BCUT2D eigenvalue weighted by molar-refractivity contribution is 5.94. The van der Waals surface area contributed by atoms with Gasteiger partial charge in [0.15, 0.2) is 0 Å². The molecule has 134 valence electrons. The van der Waals surface area contributed by atoms with E-state index in [1.54, 1.807) is 24.3 Å². The molecule has 1 atom stereocenters. The fourth-order valence-electron chi connectivity index (χ4n) is 2.88. The summed E-state index contributed by atoms with van der Waals surface area (Å²) >= 11 is 0. The molecule has 0 aliphatic rings. The predicted octanol–water partition coefficient (Wildman–Crippen LogP) is 4.33. The number of rotatable bonds is 6. The number of aromatic nitrogens is 1. The van der Waals surface area contributed by atoms with Gasteiger partial charge in [0.25, 0.3) is 0 Å². The van der Waals surface area contributed by atoms with Crippen molar-refractivity contribution < 1.29 is 14.6 Å². The van der Waals surface area contributed by atoms with Crippen LogP contribution in [0.15, 0.2) is 66.9 Å². The molecule has 5 heteroatoms. The number of carboxylic acid groups (broad SMARTS) is 1. The molecule has 1 aromatic heterocycles. The lowest BCUT2D eigenvalue weighted by atomic mass is 10.0. The second-order valence-corrected chi connectivity index (χ2v) is 6.15. The van der Waals surface area contributed by atoms with Crippen LogP contribution in [0.25, 0.3) is 11.3 Å². The molecule has 27 heavy (non-hydrogen) atoms. The van der Waals surface area contributed by atoms with E-state index in [1.165, 1.54) is 12.3 Å². The van der Waals surface area contributed by atoms with Crippen molar-refractivity contribution in [1.29, 1.82) is 5.26 Å². The first-order chi connectivity index (χ1) is 13.1. The summed E-state index contributed by atoms with van der Waals surface area (Å²) in [4.78, 5) is 15.6. The van der Waals surface area contributed by atoms with Crippen LogP contribution < -0.4 is 4.74 Å². The van der Waals surface area contributed by atoms with E-state index in [4.69, 9.17) is 4.74 Å². The average Bonchev–Trinajstić information content (AvgIpc) is 2.69. The van der Waals surface area contributed by atoms with Crippen LogP contribution in [0.1, 0.15) is 28.4 Å². The van der Waals surface area contributed by atoms with Crippen LogP contribution in [0, 0.1) is 11.3 Å². The zero-order valence-corrected chi connectivity index (χ0v) is 14.8. The van der Waals surface area contributed by atoms with Crippen molar-refractivity contribution in [2.45, 2.75) is 19.4 Å². The maximum absolute atomic E-state index is 11.4. The van der Waals surface area contributed by atoms with E-state index in [9.17, 15) is 15.2 Å². The van der Waals surface area contributed by atoms with E-state index in [1.807, 2.05) is 37.3 Å². The van der Waals surface area contributed by atoms with Gasteiger partial charge in [0.1, 0.15) is 11.8 Å². The van der Waals surface area contributed by atoms with Crippen molar-refractivity contribution in [1.82, 2.24) is 4.98 Å². The van der Waals surface area contributed by atoms with Crippen molar-refractivity contribution in [3.8, 4) is 23.1 Å². The zero-order chi connectivity index (χ0) is 19.2. The molecule has 0 saturated heterocycles. The number of carbonyl (C=O) groups is 1. The molecule has 5 nitrogen and oxygen atoms in total.